The lowest BCUT2D eigenvalue weighted by Crippen LogP contribution is -2.41. The van der Waals surface area contributed by atoms with Crippen molar-refractivity contribution >= 4 is 53.1 Å². The fourth-order valence-electron chi connectivity index (χ4n) is 2.97. The Hall–Kier alpha value is -0.240. The number of guanidine groups is 1. The van der Waals surface area contributed by atoms with Crippen LogP contribution in [0.5, 0.6) is 0 Å². The minimum Gasteiger partial charge on any atom is -0.381 e. The van der Waals surface area contributed by atoms with E-state index in [0.717, 1.165) is 44.2 Å². The number of rotatable bonds is 6. The molecule has 0 amide bonds. The van der Waals surface area contributed by atoms with Crippen molar-refractivity contribution in [3.05, 3.63) is 33.8 Å². The summed E-state index contributed by atoms with van der Waals surface area (Å²) in [5.74, 6) is 1.65. The Balaban J connectivity index is 0.00000312. The average molecular weight is 500 g/mol. The molecule has 0 bridgehead atoms. The number of nitrogens with zero attached hydrogens (tertiary/aromatic N) is 2. The van der Waals surface area contributed by atoms with Crippen LogP contribution in [0.2, 0.25) is 10.0 Å². The van der Waals surface area contributed by atoms with Crippen molar-refractivity contribution in [1.29, 1.82) is 0 Å². The highest BCUT2D eigenvalue weighted by molar-refractivity contribution is 14.0. The van der Waals surface area contributed by atoms with Crippen molar-refractivity contribution in [2.75, 3.05) is 39.9 Å². The highest BCUT2D eigenvalue weighted by atomic mass is 127. The molecule has 1 aromatic carbocycles. The van der Waals surface area contributed by atoms with E-state index in [1.165, 1.54) is 0 Å². The minimum atomic E-state index is 0. The summed E-state index contributed by atoms with van der Waals surface area (Å²) >= 11 is 12.6. The predicted molar refractivity (Wildman–Crippen MR) is 118 cm³/mol. The van der Waals surface area contributed by atoms with Crippen LogP contribution in [0.25, 0.3) is 0 Å². The average Bonchev–Trinajstić information content (AvgIpc) is 3.04. The van der Waals surface area contributed by atoms with Crippen LogP contribution in [-0.4, -0.2) is 50.8 Å². The van der Waals surface area contributed by atoms with E-state index < -0.39 is 0 Å². The number of aliphatic imine (C=N–C) groups is 1. The van der Waals surface area contributed by atoms with Gasteiger partial charge in [-0.05, 0) is 31.0 Å². The van der Waals surface area contributed by atoms with E-state index in [1.807, 2.05) is 18.2 Å². The second-order valence-electron chi connectivity index (χ2n) is 6.34. The molecule has 0 saturated carbocycles. The van der Waals surface area contributed by atoms with Gasteiger partial charge in [0.25, 0.3) is 0 Å². The van der Waals surface area contributed by atoms with E-state index in [4.69, 9.17) is 32.9 Å². The maximum atomic E-state index is 6.30. The SMILES string of the molecule is CCNC(=NCC(C)c1c(Cl)cccc1Cl)N(C)CC1CCOC1.I. The maximum Gasteiger partial charge on any atom is 0.193 e. The molecule has 0 radical (unpaired) electrons. The largest absolute Gasteiger partial charge is 0.381 e. The lowest BCUT2D eigenvalue weighted by Gasteiger charge is -2.25. The summed E-state index contributed by atoms with van der Waals surface area (Å²) < 4.78 is 5.46. The van der Waals surface area contributed by atoms with Crippen molar-refractivity contribution in [3.63, 3.8) is 0 Å². The highest BCUT2D eigenvalue weighted by Gasteiger charge is 2.19. The van der Waals surface area contributed by atoms with Crippen LogP contribution in [-0.2, 0) is 4.74 Å². The molecule has 1 fully saturated rings. The van der Waals surface area contributed by atoms with Gasteiger partial charge in [0.1, 0.15) is 0 Å². The molecule has 4 nitrogen and oxygen atoms in total. The van der Waals surface area contributed by atoms with Crippen molar-refractivity contribution in [1.82, 2.24) is 10.2 Å². The van der Waals surface area contributed by atoms with Crippen molar-refractivity contribution in [2.24, 2.45) is 10.9 Å². The van der Waals surface area contributed by atoms with Crippen LogP contribution >= 0.6 is 47.2 Å². The number of benzene rings is 1. The summed E-state index contributed by atoms with van der Waals surface area (Å²) in [4.78, 5) is 6.97. The number of hydrogen-bond acceptors (Lipinski definition) is 2. The number of nitrogens with one attached hydrogen (secondary N) is 1. The van der Waals surface area contributed by atoms with Gasteiger partial charge in [-0.2, -0.15) is 0 Å². The molecule has 0 spiro atoms. The first-order chi connectivity index (χ1) is 11.5. The van der Waals surface area contributed by atoms with E-state index in [0.29, 0.717) is 22.5 Å². The van der Waals surface area contributed by atoms with Gasteiger partial charge in [0, 0.05) is 55.2 Å². The van der Waals surface area contributed by atoms with Crippen LogP contribution in [0.3, 0.4) is 0 Å². The first-order valence-corrected chi connectivity index (χ1v) is 9.29. The van der Waals surface area contributed by atoms with Crippen LogP contribution < -0.4 is 5.32 Å². The monoisotopic (exact) mass is 499 g/mol. The third kappa shape index (κ3) is 6.77. The molecule has 1 saturated heterocycles. The molecule has 2 atom stereocenters. The third-order valence-electron chi connectivity index (χ3n) is 4.26. The fraction of sp³-hybridized carbons (Fsp3) is 0.611. The first kappa shape index (κ1) is 22.8. The Morgan fingerprint density at radius 1 is 1.40 bits per heavy atom. The Morgan fingerprint density at radius 2 is 2.08 bits per heavy atom. The Kier molecular flexibility index (Phi) is 10.5. The standard InChI is InChI=1S/C18H27Cl2N3O.HI/c1-4-21-18(23(3)11-14-8-9-24-12-14)22-10-13(2)17-15(19)6-5-7-16(17)20;/h5-7,13-14H,4,8-12H2,1-3H3,(H,21,22);1H. The Morgan fingerprint density at radius 3 is 2.64 bits per heavy atom. The van der Waals surface area contributed by atoms with E-state index in [2.05, 4.69) is 31.1 Å². The lowest BCUT2D eigenvalue weighted by atomic mass is 10.0. The second-order valence-corrected chi connectivity index (χ2v) is 7.16. The summed E-state index contributed by atoms with van der Waals surface area (Å²) in [7, 11) is 2.08. The van der Waals surface area contributed by atoms with Crippen molar-refractivity contribution in [3.8, 4) is 0 Å². The van der Waals surface area contributed by atoms with E-state index >= 15 is 0 Å². The first-order valence-electron chi connectivity index (χ1n) is 8.54. The van der Waals surface area contributed by atoms with Gasteiger partial charge in [-0.25, -0.2) is 0 Å². The topological polar surface area (TPSA) is 36.9 Å². The summed E-state index contributed by atoms with van der Waals surface area (Å²) in [5.41, 5.74) is 0.965. The van der Waals surface area contributed by atoms with Crippen LogP contribution in [0.15, 0.2) is 23.2 Å². The molecule has 1 N–H and O–H groups in total. The molecule has 1 heterocycles. The summed E-state index contributed by atoms with van der Waals surface area (Å²) in [6.07, 6.45) is 1.12. The van der Waals surface area contributed by atoms with Gasteiger partial charge in [-0.3, -0.25) is 4.99 Å². The van der Waals surface area contributed by atoms with Gasteiger partial charge in [-0.1, -0.05) is 36.2 Å². The normalized spacial score (nSPS) is 18.6. The van der Waals surface area contributed by atoms with Crippen LogP contribution in [0, 0.1) is 5.92 Å². The van der Waals surface area contributed by atoms with Gasteiger partial charge in [0.05, 0.1) is 6.61 Å². The second kappa shape index (κ2) is 11.5. The number of ether oxygens (including phenoxy) is 1. The van der Waals surface area contributed by atoms with E-state index in [-0.39, 0.29) is 29.9 Å². The zero-order chi connectivity index (χ0) is 17.5. The zero-order valence-corrected chi connectivity index (χ0v) is 18.9. The van der Waals surface area contributed by atoms with Crippen LogP contribution in [0.1, 0.15) is 31.7 Å². The van der Waals surface area contributed by atoms with Crippen LogP contribution in [0.4, 0.5) is 0 Å². The molecule has 1 aliphatic heterocycles. The summed E-state index contributed by atoms with van der Waals surface area (Å²) in [5, 5.41) is 4.76. The molecule has 2 rings (SSSR count). The summed E-state index contributed by atoms with van der Waals surface area (Å²) in [6.45, 7) is 8.32. The lowest BCUT2D eigenvalue weighted by molar-refractivity contribution is 0.181. The Labute approximate surface area is 178 Å². The number of hydrogen-bond donors (Lipinski definition) is 1. The number of halogens is 3. The van der Waals surface area contributed by atoms with Gasteiger partial charge < -0.3 is 15.0 Å². The van der Waals surface area contributed by atoms with Crippen molar-refractivity contribution < 1.29 is 4.74 Å². The molecular weight excluding hydrogens is 472 g/mol. The molecule has 1 aliphatic rings. The maximum absolute atomic E-state index is 6.30. The quantitative estimate of drug-likeness (QED) is 0.351. The molecule has 1 aromatic rings. The van der Waals surface area contributed by atoms with E-state index in [1.54, 1.807) is 0 Å². The van der Waals surface area contributed by atoms with E-state index in [9.17, 15) is 0 Å². The molecule has 2 unspecified atom stereocenters. The molecule has 0 aliphatic carbocycles. The molecule has 7 heteroatoms. The van der Waals surface area contributed by atoms with Crippen molar-refractivity contribution in [2.45, 2.75) is 26.2 Å². The highest BCUT2D eigenvalue weighted by Crippen LogP contribution is 2.31. The van der Waals surface area contributed by atoms with Gasteiger partial charge in [-0.15, -0.1) is 24.0 Å². The molecular formula is C18H28Cl2IN3O. The van der Waals surface area contributed by atoms with Gasteiger partial charge in [0.2, 0.25) is 0 Å². The molecule has 0 aromatic heterocycles. The predicted octanol–water partition coefficient (Wildman–Crippen LogP) is 4.65. The zero-order valence-electron chi connectivity index (χ0n) is 15.1. The van der Waals surface area contributed by atoms with Gasteiger partial charge in [0.15, 0.2) is 5.96 Å². The minimum absolute atomic E-state index is 0. The molecule has 142 valence electrons. The smallest absolute Gasteiger partial charge is 0.193 e. The summed E-state index contributed by atoms with van der Waals surface area (Å²) in [6, 6.07) is 5.62. The molecule has 25 heavy (non-hydrogen) atoms. The third-order valence-corrected chi connectivity index (χ3v) is 4.92. The van der Waals surface area contributed by atoms with Gasteiger partial charge >= 0.3 is 0 Å². The fourth-order valence-corrected chi connectivity index (χ4v) is 3.74. The Bertz CT molecular complexity index is 545.